The molecule has 0 saturated heterocycles. The van der Waals surface area contributed by atoms with Crippen molar-refractivity contribution in [2.75, 3.05) is 7.05 Å². The molecule has 0 radical (unpaired) electrons. The van der Waals surface area contributed by atoms with Gasteiger partial charge in [-0.3, -0.25) is 8.80 Å². The van der Waals surface area contributed by atoms with Crippen LogP contribution in [0.15, 0.2) is 59.5 Å². The average molecular weight is 430 g/mol. The molecule has 1 aromatic carbocycles. The van der Waals surface area contributed by atoms with Gasteiger partial charge < -0.3 is 9.73 Å². The summed E-state index contributed by atoms with van der Waals surface area (Å²) in [7, 11) is 2.03. The van der Waals surface area contributed by atoms with Crippen molar-refractivity contribution in [1.82, 2.24) is 29.3 Å². The van der Waals surface area contributed by atoms with Crippen LogP contribution in [0.1, 0.15) is 37.4 Å². The van der Waals surface area contributed by atoms with E-state index in [0.717, 1.165) is 59.7 Å². The van der Waals surface area contributed by atoms with Crippen molar-refractivity contribution in [3.63, 3.8) is 0 Å². The van der Waals surface area contributed by atoms with E-state index in [1.807, 2.05) is 29.8 Å². The van der Waals surface area contributed by atoms with Gasteiger partial charge >= 0.3 is 5.84 Å². The van der Waals surface area contributed by atoms with Crippen molar-refractivity contribution in [2.24, 2.45) is 0 Å². The molecule has 1 fully saturated rings. The molecule has 8 heteroatoms. The van der Waals surface area contributed by atoms with Crippen molar-refractivity contribution < 1.29 is 8.81 Å². The van der Waals surface area contributed by atoms with Crippen LogP contribution in [-0.4, -0.2) is 37.1 Å². The Hall–Kier alpha value is -3.52. The molecule has 32 heavy (non-hydrogen) atoms. The van der Waals surface area contributed by atoms with Crippen LogP contribution in [-0.2, 0) is 0 Å². The fraction of sp³-hybridized carbons (Fsp3) is 0.292. The minimum atomic E-state index is -0.276. The standard InChI is InChI=1S/C24H23FN6O/c1-26-19-9-4-16(5-10-19)23-29-28-20-11-6-17(14-31(20)23)22-21(15-2-7-18(25)8-3-15)27-24-30(22)12-13-32-24/h2-3,6-8,11-14,16,19,26H,4-5,9-10H2,1H3/t16-,19-. The van der Waals surface area contributed by atoms with Gasteiger partial charge in [0.2, 0.25) is 0 Å². The molecule has 1 aliphatic rings. The zero-order chi connectivity index (χ0) is 21.7. The van der Waals surface area contributed by atoms with Crippen LogP contribution >= 0.6 is 0 Å². The number of pyridine rings is 1. The van der Waals surface area contributed by atoms with E-state index >= 15 is 0 Å². The van der Waals surface area contributed by atoms with Gasteiger partial charge in [0.15, 0.2) is 5.65 Å². The molecule has 0 atom stereocenters. The van der Waals surface area contributed by atoms with Crippen molar-refractivity contribution in [2.45, 2.75) is 37.6 Å². The molecule has 0 aliphatic heterocycles. The van der Waals surface area contributed by atoms with Gasteiger partial charge in [-0.25, -0.2) is 4.39 Å². The highest BCUT2D eigenvalue weighted by molar-refractivity contribution is 5.81. The predicted octanol–water partition coefficient (Wildman–Crippen LogP) is 4.69. The van der Waals surface area contributed by atoms with Gasteiger partial charge in [0.25, 0.3) is 0 Å². The van der Waals surface area contributed by atoms with E-state index < -0.39 is 0 Å². The molecule has 4 aromatic heterocycles. The quantitative estimate of drug-likeness (QED) is 0.448. The number of halogens is 1. The Balaban J connectivity index is 1.47. The van der Waals surface area contributed by atoms with E-state index in [2.05, 4.69) is 31.1 Å². The Morgan fingerprint density at radius 1 is 0.969 bits per heavy atom. The second-order valence-corrected chi connectivity index (χ2v) is 8.41. The Kier molecular flexibility index (Phi) is 4.53. The Morgan fingerprint density at radius 2 is 1.75 bits per heavy atom. The lowest BCUT2D eigenvalue weighted by Crippen LogP contribution is -2.30. The van der Waals surface area contributed by atoms with Gasteiger partial charge in [0.05, 0.1) is 5.69 Å². The Morgan fingerprint density at radius 3 is 2.53 bits per heavy atom. The number of rotatable bonds is 4. The minimum absolute atomic E-state index is 0.276. The van der Waals surface area contributed by atoms with E-state index in [-0.39, 0.29) is 5.82 Å². The van der Waals surface area contributed by atoms with Crippen molar-refractivity contribution in [3.05, 3.63) is 66.7 Å². The normalized spacial score (nSPS) is 19.2. The summed E-state index contributed by atoms with van der Waals surface area (Å²) in [5, 5.41) is 12.3. The zero-order valence-electron chi connectivity index (χ0n) is 17.7. The molecular formula is C24H23FN6O. The third-order valence-electron chi connectivity index (χ3n) is 6.58. The van der Waals surface area contributed by atoms with Crippen molar-refractivity contribution in [1.29, 1.82) is 0 Å². The number of oxazole rings is 1. The summed E-state index contributed by atoms with van der Waals surface area (Å²) in [6.45, 7) is 0. The van der Waals surface area contributed by atoms with Crippen LogP contribution in [0.25, 0.3) is 34.0 Å². The van der Waals surface area contributed by atoms with Gasteiger partial charge in [-0.2, -0.15) is 4.98 Å². The van der Waals surface area contributed by atoms with Crippen molar-refractivity contribution in [3.8, 4) is 22.5 Å². The summed E-state index contributed by atoms with van der Waals surface area (Å²) in [6, 6.07) is 11.0. The first-order chi connectivity index (χ1) is 15.7. The average Bonchev–Trinajstić information content (AvgIpc) is 3.53. The van der Waals surface area contributed by atoms with Crippen LogP contribution in [0.3, 0.4) is 0 Å². The number of benzene rings is 1. The topological polar surface area (TPSA) is 72.7 Å². The summed E-state index contributed by atoms with van der Waals surface area (Å²) in [5.74, 6) is 1.61. The number of aromatic nitrogens is 5. The maximum atomic E-state index is 13.5. The molecular weight excluding hydrogens is 407 g/mol. The number of fused-ring (bicyclic) bond motifs is 2. The molecule has 1 saturated carbocycles. The third kappa shape index (κ3) is 3.10. The largest absolute Gasteiger partial charge is 0.432 e. The molecule has 162 valence electrons. The van der Waals surface area contributed by atoms with Gasteiger partial charge in [-0.1, -0.05) is 0 Å². The number of imidazole rings is 1. The highest BCUT2D eigenvalue weighted by atomic mass is 19.1. The molecule has 7 nitrogen and oxygen atoms in total. The van der Waals surface area contributed by atoms with Gasteiger partial charge in [0, 0.05) is 35.5 Å². The second kappa shape index (κ2) is 7.56. The van der Waals surface area contributed by atoms with Crippen LogP contribution in [0, 0.1) is 5.82 Å². The monoisotopic (exact) mass is 430 g/mol. The van der Waals surface area contributed by atoms with E-state index in [4.69, 9.17) is 4.42 Å². The van der Waals surface area contributed by atoms with Crippen LogP contribution in [0.2, 0.25) is 0 Å². The SMILES string of the molecule is CN[C@H]1CC[C@H](c2nnc3ccc(-c4c(-c5ccc(F)cc5)nc5occn45)cn32)CC1. The molecule has 1 aliphatic carbocycles. The summed E-state index contributed by atoms with van der Waals surface area (Å²) < 4.78 is 23.1. The Bertz CT molecular complexity index is 1390. The first-order valence-corrected chi connectivity index (χ1v) is 10.9. The Labute approximate surface area is 183 Å². The molecule has 0 amide bonds. The third-order valence-corrected chi connectivity index (χ3v) is 6.58. The smallest absolute Gasteiger partial charge is 0.306 e. The highest BCUT2D eigenvalue weighted by Crippen LogP contribution is 2.35. The second-order valence-electron chi connectivity index (χ2n) is 8.41. The van der Waals surface area contributed by atoms with Crippen LogP contribution < -0.4 is 5.32 Å². The van der Waals surface area contributed by atoms with Crippen LogP contribution in [0.5, 0.6) is 0 Å². The molecule has 6 rings (SSSR count). The number of hydrogen-bond donors (Lipinski definition) is 1. The number of nitrogens with zero attached hydrogens (tertiary/aromatic N) is 5. The number of hydrogen-bond acceptors (Lipinski definition) is 5. The van der Waals surface area contributed by atoms with Gasteiger partial charge in [0.1, 0.15) is 23.6 Å². The lowest BCUT2D eigenvalue weighted by Gasteiger charge is -2.27. The first kappa shape index (κ1) is 19.2. The molecule has 0 unspecified atom stereocenters. The van der Waals surface area contributed by atoms with Crippen molar-refractivity contribution >= 4 is 11.5 Å². The van der Waals surface area contributed by atoms with Crippen LogP contribution in [0.4, 0.5) is 4.39 Å². The summed E-state index contributed by atoms with van der Waals surface area (Å²) >= 11 is 0. The predicted molar refractivity (Wildman–Crippen MR) is 119 cm³/mol. The molecule has 5 aromatic rings. The lowest BCUT2D eigenvalue weighted by atomic mass is 9.85. The van der Waals surface area contributed by atoms with E-state index in [1.54, 1.807) is 18.4 Å². The fourth-order valence-electron chi connectivity index (χ4n) is 4.84. The molecule has 0 spiro atoms. The summed E-state index contributed by atoms with van der Waals surface area (Å²) in [4.78, 5) is 4.67. The summed E-state index contributed by atoms with van der Waals surface area (Å²) in [6.07, 6.45) is 10.0. The molecule has 0 bridgehead atoms. The molecule has 4 heterocycles. The fourth-order valence-corrected chi connectivity index (χ4v) is 4.84. The maximum absolute atomic E-state index is 13.5. The highest BCUT2D eigenvalue weighted by Gasteiger charge is 2.26. The summed E-state index contributed by atoms with van der Waals surface area (Å²) in [5.41, 5.74) is 4.26. The van der Waals surface area contributed by atoms with E-state index in [1.165, 1.54) is 12.1 Å². The molecule has 1 N–H and O–H groups in total. The number of nitrogens with one attached hydrogen (secondary N) is 1. The minimum Gasteiger partial charge on any atom is -0.432 e. The van der Waals surface area contributed by atoms with Gasteiger partial charge in [-0.05, 0) is 69.1 Å². The first-order valence-electron chi connectivity index (χ1n) is 10.9. The van der Waals surface area contributed by atoms with E-state index in [0.29, 0.717) is 17.8 Å². The van der Waals surface area contributed by atoms with E-state index in [9.17, 15) is 4.39 Å². The lowest BCUT2D eigenvalue weighted by molar-refractivity contribution is 0.349. The zero-order valence-corrected chi connectivity index (χ0v) is 17.7. The van der Waals surface area contributed by atoms with Gasteiger partial charge in [-0.15, -0.1) is 10.2 Å². The maximum Gasteiger partial charge on any atom is 0.306 e.